The predicted molar refractivity (Wildman–Crippen MR) is 112 cm³/mol. The van der Waals surface area contributed by atoms with Gasteiger partial charge in [-0.2, -0.15) is 0 Å². The van der Waals surface area contributed by atoms with Gasteiger partial charge in [0.1, 0.15) is 18.1 Å². The van der Waals surface area contributed by atoms with Crippen molar-refractivity contribution in [2.45, 2.75) is 20.0 Å². The molecule has 0 saturated heterocycles. The van der Waals surface area contributed by atoms with Crippen LogP contribution in [0.5, 0.6) is 11.5 Å². The van der Waals surface area contributed by atoms with Gasteiger partial charge in [0.25, 0.3) is 0 Å². The molecule has 3 aromatic carbocycles. The summed E-state index contributed by atoms with van der Waals surface area (Å²) in [5.41, 5.74) is 6.77. The van der Waals surface area contributed by atoms with Crippen LogP contribution >= 0.6 is 0 Å². The van der Waals surface area contributed by atoms with Gasteiger partial charge in [-0.1, -0.05) is 42.0 Å². The van der Waals surface area contributed by atoms with E-state index in [0.717, 1.165) is 52.1 Å². The van der Waals surface area contributed by atoms with E-state index in [4.69, 9.17) is 14.5 Å². The van der Waals surface area contributed by atoms with Gasteiger partial charge in [0, 0.05) is 29.1 Å². The van der Waals surface area contributed by atoms with Gasteiger partial charge in [-0.3, -0.25) is 4.98 Å². The van der Waals surface area contributed by atoms with E-state index in [-0.39, 0.29) is 0 Å². The Kier molecular flexibility index (Phi) is 4.21. The molecule has 138 valence electrons. The highest BCUT2D eigenvalue weighted by atomic mass is 16.5. The molecular formula is C25H21NO2. The van der Waals surface area contributed by atoms with Crippen LogP contribution < -0.4 is 9.47 Å². The van der Waals surface area contributed by atoms with Crippen molar-refractivity contribution in [3.05, 3.63) is 89.6 Å². The first-order chi connectivity index (χ1) is 13.8. The third kappa shape index (κ3) is 2.99. The molecule has 1 aromatic heterocycles. The van der Waals surface area contributed by atoms with Crippen molar-refractivity contribution in [1.82, 2.24) is 4.98 Å². The molecule has 0 saturated carbocycles. The lowest BCUT2D eigenvalue weighted by Crippen LogP contribution is -2.09. The molecule has 0 bridgehead atoms. The molecule has 0 N–H and O–H groups in total. The lowest BCUT2D eigenvalue weighted by Gasteiger charge is -2.20. The molecule has 3 nitrogen and oxygen atoms in total. The summed E-state index contributed by atoms with van der Waals surface area (Å²) in [6.45, 7) is 3.36. The number of benzene rings is 3. The van der Waals surface area contributed by atoms with E-state index in [1.807, 2.05) is 24.4 Å². The number of rotatable bonds is 4. The maximum Gasteiger partial charge on any atom is 0.129 e. The van der Waals surface area contributed by atoms with Crippen LogP contribution in [0.25, 0.3) is 22.0 Å². The van der Waals surface area contributed by atoms with Gasteiger partial charge >= 0.3 is 0 Å². The third-order valence-corrected chi connectivity index (χ3v) is 5.23. The Morgan fingerprint density at radius 2 is 1.86 bits per heavy atom. The van der Waals surface area contributed by atoms with Crippen LogP contribution in [0.3, 0.4) is 0 Å². The minimum absolute atomic E-state index is 0.536. The molecule has 0 aliphatic carbocycles. The summed E-state index contributed by atoms with van der Waals surface area (Å²) in [7, 11) is 0. The molecule has 1 aliphatic rings. The number of hydrogen-bond donors (Lipinski definition) is 0. The number of aryl methyl sites for hydroxylation is 1. The molecule has 3 heteroatoms. The monoisotopic (exact) mass is 367 g/mol. The zero-order valence-corrected chi connectivity index (χ0v) is 15.8. The Morgan fingerprint density at radius 1 is 0.964 bits per heavy atom. The summed E-state index contributed by atoms with van der Waals surface area (Å²) in [5.74, 6) is 1.79. The second kappa shape index (κ2) is 7.01. The van der Waals surface area contributed by atoms with Crippen LogP contribution in [-0.4, -0.2) is 11.6 Å². The van der Waals surface area contributed by atoms with E-state index in [2.05, 4.69) is 55.5 Å². The van der Waals surface area contributed by atoms with Crippen LogP contribution in [0.4, 0.5) is 0 Å². The molecule has 28 heavy (non-hydrogen) atoms. The van der Waals surface area contributed by atoms with Gasteiger partial charge in [0.15, 0.2) is 0 Å². The lowest BCUT2D eigenvalue weighted by atomic mass is 9.95. The number of aromatic nitrogens is 1. The van der Waals surface area contributed by atoms with Gasteiger partial charge in [-0.05, 0) is 48.4 Å². The van der Waals surface area contributed by atoms with Crippen molar-refractivity contribution in [1.29, 1.82) is 0 Å². The molecule has 4 aromatic rings. The summed E-state index contributed by atoms with van der Waals surface area (Å²) in [4.78, 5) is 4.71. The van der Waals surface area contributed by atoms with E-state index < -0.39 is 0 Å². The largest absolute Gasteiger partial charge is 0.493 e. The third-order valence-electron chi connectivity index (χ3n) is 5.23. The van der Waals surface area contributed by atoms with Crippen molar-refractivity contribution in [3.8, 4) is 22.6 Å². The molecule has 0 spiro atoms. The first kappa shape index (κ1) is 16.8. The lowest BCUT2D eigenvalue weighted by molar-refractivity contribution is 0.307. The summed E-state index contributed by atoms with van der Waals surface area (Å²) >= 11 is 0. The van der Waals surface area contributed by atoms with Crippen molar-refractivity contribution in [2.24, 2.45) is 0 Å². The first-order valence-corrected chi connectivity index (χ1v) is 9.61. The van der Waals surface area contributed by atoms with E-state index >= 15 is 0 Å². The van der Waals surface area contributed by atoms with Crippen LogP contribution in [0, 0.1) is 6.92 Å². The van der Waals surface area contributed by atoms with Gasteiger partial charge in [-0.15, -0.1) is 0 Å². The number of pyridine rings is 1. The summed E-state index contributed by atoms with van der Waals surface area (Å²) in [5, 5.41) is 1.13. The molecule has 2 heterocycles. The van der Waals surface area contributed by atoms with Gasteiger partial charge in [-0.25, -0.2) is 0 Å². The summed E-state index contributed by atoms with van der Waals surface area (Å²) in [6, 6.07) is 22.8. The minimum atomic E-state index is 0.536. The number of ether oxygens (including phenoxy) is 2. The molecule has 0 unspecified atom stereocenters. The van der Waals surface area contributed by atoms with Crippen molar-refractivity contribution in [2.75, 3.05) is 6.61 Å². The van der Waals surface area contributed by atoms with E-state index in [9.17, 15) is 0 Å². The quantitative estimate of drug-likeness (QED) is 0.462. The van der Waals surface area contributed by atoms with Crippen molar-refractivity contribution in [3.63, 3.8) is 0 Å². The standard InChI is InChI=1S/C25H21NO2/c1-17-7-9-22(28-16-18-5-3-2-4-6-18)21(15-17)20-8-10-23-24-19(12-14-27-23)11-13-26-25(20)24/h2-11,13,15H,12,14,16H2,1H3. The maximum absolute atomic E-state index is 6.22. The Labute approximate surface area is 164 Å². The van der Waals surface area contributed by atoms with E-state index in [0.29, 0.717) is 6.61 Å². The number of hydrogen-bond acceptors (Lipinski definition) is 3. The Bertz CT molecular complexity index is 1140. The maximum atomic E-state index is 6.22. The molecule has 5 rings (SSSR count). The average molecular weight is 367 g/mol. The normalized spacial score (nSPS) is 12.6. The Morgan fingerprint density at radius 3 is 2.75 bits per heavy atom. The Hall–Kier alpha value is -3.33. The van der Waals surface area contributed by atoms with E-state index in [1.165, 1.54) is 11.1 Å². The fourth-order valence-corrected chi connectivity index (χ4v) is 3.83. The average Bonchev–Trinajstić information content (AvgIpc) is 2.74. The topological polar surface area (TPSA) is 31.4 Å². The summed E-state index contributed by atoms with van der Waals surface area (Å²) in [6.07, 6.45) is 2.82. The highest BCUT2D eigenvalue weighted by Crippen LogP contribution is 2.40. The van der Waals surface area contributed by atoms with Gasteiger partial charge < -0.3 is 9.47 Å². The Balaban J connectivity index is 1.62. The zero-order valence-electron chi connectivity index (χ0n) is 15.8. The zero-order chi connectivity index (χ0) is 18.9. The fourth-order valence-electron chi connectivity index (χ4n) is 3.83. The molecule has 0 fully saturated rings. The first-order valence-electron chi connectivity index (χ1n) is 9.61. The smallest absolute Gasteiger partial charge is 0.129 e. The molecule has 0 radical (unpaired) electrons. The molecule has 1 aliphatic heterocycles. The second-order valence-corrected chi connectivity index (χ2v) is 7.18. The number of nitrogens with zero attached hydrogens (tertiary/aromatic N) is 1. The minimum Gasteiger partial charge on any atom is -0.493 e. The van der Waals surface area contributed by atoms with E-state index in [1.54, 1.807) is 0 Å². The van der Waals surface area contributed by atoms with Gasteiger partial charge in [0.05, 0.1) is 12.1 Å². The van der Waals surface area contributed by atoms with Crippen molar-refractivity contribution < 1.29 is 9.47 Å². The molecule has 0 atom stereocenters. The SMILES string of the molecule is Cc1ccc(OCc2ccccc2)c(-c2ccc3c4c(ccnc24)CCO3)c1. The molecular weight excluding hydrogens is 346 g/mol. The van der Waals surface area contributed by atoms with Crippen molar-refractivity contribution >= 4 is 10.9 Å². The predicted octanol–water partition coefficient (Wildman–Crippen LogP) is 5.72. The van der Waals surface area contributed by atoms with Crippen LogP contribution in [0.1, 0.15) is 16.7 Å². The summed E-state index contributed by atoms with van der Waals surface area (Å²) < 4.78 is 12.1. The van der Waals surface area contributed by atoms with Gasteiger partial charge in [0.2, 0.25) is 0 Å². The highest BCUT2D eigenvalue weighted by Gasteiger charge is 2.19. The fraction of sp³-hybridized carbons (Fsp3) is 0.160. The molecule has 0 amide bonds. The highest BCUT2D eigenvalue weighted by molar-refractivity contribution is 6.00. The van der Waals surface area contributed by atoms with Crippen LogP contribution in [-0.2, 0) is 13.0 Å². The van der Waals surface area contributed by atoms with Crippen LogP contribution in [0.15, 0.2) is 72.9 Å². The van der Waals surface area contributed by atoms with Crippen LogP contribution in [0.2, 0.25) is 0 Å². The second-order valence-electron chi connectivity index (χ2n) is 7.18.